The summed E-state index contributed by atoms with van der Waals surface area (Å²) in [7, 11) is 0. The highest BCUT2D eigenvalue weighted by Crippen LogP contribution is 2.04. The molecule has 0 amide bonds. The molecular formula is C10H20O. The van der Waals surface area contributed by atoms with Crippen LogP contribution < -0.4 is 0 Å². The van der Waals surface area contributed by atoms with Gasteiger partial charge in [0.2, 0.25) is 0 Å². The topological polar surface area (TPSA) is 9.23 Å². The molecule has 0 aromatic carbocycles. The second-order valence-corrected chi connectivity index (χ2v) is 2.81. The first-order valence-electron chi connectivity index (χ1n) is 4.64. The standard InChI is InChI=1S/C10H20O/c1-3-5-6-7-8-9-10-11-4-2/h4H,2-3,5-10H2,1H3. The van der Waals surface area contributed by atoms with Crippen LogP contribution in [-0.2, 0) is 4.74 Å². The molecule has 0 bridgehead atoms. The highest BCUT2D eigenvalue weighted by molar-refractivity contribution is 4.49. The molecule has 0 spiro atoms. The summed E-state index contributed by atoms with van der Waals surface area (Å²) < 4.78 is 5.00. The van der Waals surface area contributed by atoms with Crippen molar-refractivity contribution in [2.75, 3.05) is 6.61 Å². The van der Waals surface area contributed by atoms with E-state index in [2.05, 4.69) is 13.5 Å². The average molecular weight is 156 g/mol. The van der Waals surface area contributed by atoms with Gasteiger partial charge in [-0.25, -0.2) is 0 Å². The molecule has 0 aromatic heterocycles. The highest BCUT2D eigenvalue weighted by Gasteiger charge is 1.88. The van der Waals surface area contributed by atoms with E-state index in [0.717, 1.165) is 6.61 Å². The van der Waals surface area contributed by atoms with Crippen LogP contribution in [0.15, 0.2) is 12.8 Å². The van der Waals surface area contributed by atoms with E-state index < -0.39 is 0 Å². The fourth-order valence-corrected chi connectivity index (χ4v) is 1.05. The third-order valence-electron chi connectivity index (χ3n) is 1.73. The predicted octanol–water partition coefficient (Wildman–Crippen LogP) is 3.51. The van der Waals surface area contributed by atoms with Crippen molar-refractivity contribution in [2.45, 2.75) is 45.4 Å². The Kier molecular flexibility index (Phi) is 9.14. The maximum absolute atomic E-state index is 5.00. The Labute approximate surface area is 70.4 Å². The van der Waals surface area contributed by atoms with Gasteiger partial charge in [-0.3, -0.25) is 0 Å². The minimum atomic E-state index is 0.843. The van der Waals surface area contributed by atoms with Gasteiger partial charge in [0.15, 0.2) is 0 Å². The summed E-state index contributed by atoms with van der Waals surface area (Å²) in [6.45, 7) is 6.57. The molecule has 0 saturated heterocycles. The van der Waals surface area contributed by atoms with E-state index in [-0.39, 0.29) is 0 Å². The molecular weight excluding hydrogens is 136 g/mol. The number of unbranched alkanes of at least 4 members (excludes halogenated alkanes) is 5. The summed E-state index contributed by atoms with van der Waals surface area (Å²) in [5.74, 6) is 0. The average Bonchev–Trinajstić information content (AvgIpc) is 2.03. The van der Waals surface area contributed by atoms with Crippen LogP contribution in [0.3, 0.4) is 0 Å². The zero-order chi connectivity index (χ0) is 8.36. The van der Waals surface area contributed by atoms with Crippen LogP contribution >= 0.6 is 0 Å². The lowest BCUT2D eigenvalue weighted by molar-refractivity contribution is 0.241. The Morgan fingerprint density at radius 1 is 1.09 bits per heavy atom. The Bertz CT molecular complexity index is 78.9. The molecule has 0 N–H and O–H groups in total. The third-order valence-corrected chi connectivity index (χ3v) is 1.73. The van der Waals surface area contributed by atoms with Gasteiger partial charge in [-0.2, -0.15) is 0 Å². The summed E-state index contributed by atoms with van der Waals surface area (Å²) >= 11 is 0. The van der Waals surface area contributed by atoms with Crippen LogP contribution in [0.4, 0.5) is 0 Å². The fourth-order valence-electron chi connectivity index (χ4n) is 1.05. The molecule has 1 heteroatoms. The van der Waals surface area contributed by atoms with Crippen molar-refractivity contribution in [3.8, 4) is 0 Å². The molecule has 0 saturated carbocycles. The predicted molar refractivity (Wildman–Crippen MR) is 49.5 cm³/mol. The minimum absolute atomic E-state index is 0.843. The first-order chi connectivity index (χ1) is 5.41. The molecule has 0 aliphatic rings. The maximum Gasteiger partial charge on any atom is 0.0873 e. The Morgan fingerprint density at radius 3 is 2.36 bits per heavy atom. The van der Waals surface area contributed by atoms with E-state index in [1.165, 1.54) is 44.8 Å². The number of rotatable bonds is 8. The van der Waals surface area contributed by atoms with Crippen LogP contribution in [0, 0.1) is 0 Å². The molecule has 66 valence electrons. The molecule has 0 unspecified atom stereocenters. The van der Waals surface area contributed by atoms with Crippen LogP contribution in [-0.4, -0.2) is 6.61 Å². The van der Waals surface area contributed by atoms with Crippen molar-refractivity contribution < 1.29 is 4.74 Å². The first kappa shape index (κ1) is 10.5. The van der Waals surface area contributed by atoms with Crippen molar-refractivity contribution in [3.63, 3.8) is 0 Å². The van der Waals surface area contributed by atoms with E-state index in [0.29, 0.717) is 0 Å². The quantitative estimate of drug-likeness (QED) is 0.386. The fraction of sp³-hybridized carbons (Fsp3) is 0.800. The SMILES string of the molecule is C=COCCCCCCCC. The van der Waals surface area contributed by atoms with Gasteiger partial charge in [0.25, 0.3) is 0 Å². The van der Waals surface area contributed by atoms with Crippen molar-refractivity contribution in [1.29, 1.82) is 0 Å². The van der Waals surface area contributed by atoms with Gasteiger partial charge in [0.1, 0.15) is 0 Å². The molecule has 0 fully saturated rings. The van der Waals surface area contributed by atoms with E-state index >= 15 is 0 Å². The molecule has 11 heavy (non-hydrogen) atoms. The van der Waals surface area contributed by atoms with Gasteiger partial charge in [-0.15, -0.1) is 0 Å². The van der Waals surface area contributed by atoms with Crippen molar-refractivity contribution in [2.24, 2.45) is 0 Å². The Balaban J connectivity index is 2.74. The normalized spacial score (nSPS) is 9.55. The van der Waals surface area contributed by atoms with Crippen molar-refractivity contribution in [1.82, 2.24) is 0 Å². The molecule has 0 atom stereocenters. The van der Waals surface area contributed by atoms with E-state index in [1.54, 1.807) is 0 Å². The van der Waals surface area contributed by atoms with Crippen LogP contribution in [0.5, 0.6) is 0 Å². The minimum Gasteiger partial charge on any atom is -0.502 e. The van der Waals surface area contributed by atoms with Gasteiger partial charge < -0.3 is 4.74 Å². The number of hydrogen-bond acceptors (Lipinski definition) is 1. The molecule has 0 aromatic rings. The van der Waals surface area contributed by atoms with Gasteiger partial charge >= 0.3 is 0 Å². The Morgan fingerprint density at radius 2 is 1.73 bits per heavy atom. The lowest BCUT2D eigenvalue weighted by Gasteiger charge is -1.99. The molecule has 0 heterocycles. The third kappa shape index (κ3) is 9.54. The van der Waals surface area contributed by atoms with E-state index in [4.69, 9.17) is 4.74 Å². The monoisotopic (exact) mass is 156 g/mol. The van der Waals surface area contributed by atoms with Crippen LogP contribution in [0.25, 0.3) is 0 Å². The zero-order valence-electron chi connectivity index (χ0n) is 7.64. The second kappa shape index (κ2) is 9.54. The largest absolute Gasteiger partial charge is 0.502 e. The van der Waals surface area contributed by atoms with E-state index in [9.17, 15) is 0 Å². The summed E-state index contributed by atoms with van der Waals surface area (Å²) in [5, 5.41) is 0. The maximum atomic E-state index is 5.00. The molecule has 0 radical (unpaired) electrons. The van der Waals surface area contributed by atoms with Gasteiger partial charge in [-0.1, -0.05) is 45.6 Å². The van der Waals surface area contributed by atoms with Gasteiger partial charge in [-0.05, 0) is 6.42 Å². The zero-order valence-corrected chi connectivity index (χ0v) is 7.64. The summed E-state index contributed by atoms with van der Waals surface area (Å²) in [6, 6.07) is 0. The van der Waals surface area contributed by atoms with E-state index in [1.807, 2.05) is 0 Å². The van der Waals surface area contributed by atoms with Crippen molar-refractivity contribution in [3.05, 3.63) is 12.8 Å². The van der Waals surface area contributed by atoms with Crippen molar-refractivity contribution >= 4 is 0 Å². The van der Waals surface area contributed by atoms with Gasteiger partial charge in [0.05, 0.1) is 12.9 Å². The molecule has 1 nitrogen and oxygen atoms in total. The van der Waals surface area contributed by atoms with Crippen LogP contribution in [0.2, 0.25) is 0 Å². The molecule has 0 aliphatic carbocycles. The summed E-state index contributed by atoms with van der Waals surface area (Å²) in [5.41, 5.74) is 0. The Hall–Kier alpha value is -0.460. The highest BCUT2D eigenvalue weighted by atomic mass is 16.5. The smallest absolute Gasteiger partial charge is 0.0873 e. The summed E-state index contributed by atoms with van der Waals surface area (Å²) in [4.78, 5) is 0. The molecule has 0 rings (SSSR count). The second-order valence-electron chi connectivity index (χ2n) is 2.81. The lowest BCUT2D eigenvalue weighted by atomic mass is 10.1. The molecule has 0 aliphatic heterocycles. The van der Waals surface area contributed by atoms with Gasteiger partial charge in [0, 0.05) is 0 Å². The first-order valence-corrected chi connectivity index (χ1v) is 4.64. The number of ether oxygens (including phenoxy) is 1. The summed E-state index contributed by atoms with van der Waals surface area (Å²) in [6.07, 6.45) is 9.43. The number of hydrogen-bond donors (Lipinski definition) is 0. The lowest BCUT2D eigenvalue weighted by Crippen LogP contribution is -1.87. The van der Waals surface area contributed by atoms with Crippen LogP contribution in [0.1, 0.15) is 45.4 Å².